The zero-order chi connectivity index (χ0) is 8.15. The Labute approximate surface area is 57.5 Å². The zero-order valence-electron chi connectivity index (χ0n) is 5.26. The van der Waals surface area contributed by atoms with Gasteiger partial charge in [0.25, 0.3) is 5.91 Å². The summed E-state index contributed by atoms with van der Waals surface area (Å²) in [5.74, 6) is -1.77. The van der Waals surface area contributed by atoms with E-state index in [0.29, 0.717) is 0 Å². The molecule has 0 atom stereocenters. The third-order valence-corrected chi connectivity index (χ3v) is 0.692. The number of hydrogen-bond donors (Lipinski definition) is 3. The van der Waals surface area contributed by atoms with Gasteiger partial charge in [-0.15, -0.1) is 0 Å². The number of carbonyl (C=O) groups excluding carboxylic acids is 1. The number of carboxylic acids is 1. The van der Waals surface area contributed by atoms with Gasteiger partial charge in [-0.25, -0.2) is 0 Å². The van der Waals surface area contributed by atoms with Gasteiger partial charge in [-0.05, 0) is 0 Å². The first kappa shape index (κ1) is 8.48. The van der Waals surface area contributed by atoms with Crippen LogP contribution in [0, 0.1) is 0 Å². The van der Waals surface area contributed by atoms with Crippen LogP contribution in [-0.4, -0.2) is 23.5 Å². The summed E-state index contributed by atoms with van der Waals surface area (Å²) >= 11 is 0. The van der Waals surface area contributed by atoms with Gasteiger partial charge in [-0.3, -0.25) is 9.59 Å². The highest BCUT2D eigenvalue weighted by molar-refractivity contribution is 5.93. The summed E-state index contributed by atoms with van der Waals surface area (Å²) in [4.78, 5) is 20.3. The van der Waals surface area contributed by atoms with Crippen LogP contribution in [0.1, 0.15) is 0 Å². The van der Waals surface area contributed by atoms with Crippen LogP contribution >= 0.6 is 0 Å². The number of carboxylic acid groups (broad SMARTS) is 1. The minimum Gasteiger partial charge on any atom is -0.480 e. The van der Waals surface area contributed by atoms with Crippen molar-refractivity contribution in [1.82, 2.24) is 5.32 Å². The Morgan fingerprint density at radius 1 is 1.60 bits per heavy atom. The molecule has 56 valence electrons. The van der Waals surface area contributed by atoms with E-state index in [2.05, 4.69) is 6.58 Å². The topological polar surface area (TPSA) is 92.4 Å². The first-order valence-corrected chi connectivity index (χ1v) is 2.48. The highest BCUT2D eigenvalue weighted by atomic mass is 16.4. The lowest BCUT2D eigenvalue weighted by Crippen LogP contribution is -2.32. The van der Waals surface area contributed by atoms with E-state index in [9.17, 15) is 9.59 Å². The smallest absolute Gasteiger partial charge is 0.322 e. The average Bonchev–Trinajstić information content (AvgIpc) is 1.82. The summed E-state index contributed by atoms with van der Waals surface area (Å²) in [6, 6.07) is 0. The maximum atomic E-state index is 10.4. The highest BCUT2D eigenvalue weighted by Crippen LogP contribution is 1.74. The van der Waals surface area contributed by atoms with E-state index in [0.717, 1.165) is 0 Å². The first-order chi connectivity index (χ1) is 4.54. The van der Waals surface area contributed by atoms with Gasteiger partial charge in [-0.2, -0.15) is 0 Å². The van der Waals surface area contributed by atoms with Crippen molar-refractivity contribution in [1.29, 1.82) is 0 Å². The standard InChI is InChI=1S/C5H8N2O3/c1-3(6)5(10)7-2-4(8)9/h1-2,6H2,(H,7,10)(H,8,9). The van der Waals surface area contributed by atoms with E-state index in [-0.39, 0.29) is 5.70 Å². The van der Waals surface area contributed by atoms with Crippen LogP contribution in [0.15, 0.2) is 12.3 Å². The second-order valence-electron chi connectivity index (χ2n) is 1.60. The van der Waals surface area contributed by atoms with E-state index in [1.807, 2.05) is 5.32 Å². The molecule has 0 rings (SSSR count). The summed E-state index contributed by atoms with van der Waals surface area (Å²) in [6.45, 7) is 2.67. The fraction of sp³-hybridized carbons (Fsp3) is 0.200. The van der Waals surface area contributed by atoms with Gasteiger partial charge < -0.3 is 16.2 Å². The molecule has 0 aliphatic carbocycles. The maximum absolute atomic E-state index is 10.4. The normalized spacial score (nSPS) is 8.40. The van der Waals surface area contributed by atoms with Crippen molar-refractivity contribution < 1.29 is 14.7 Å². The maximum Gasteiger partial charge on any atom is 0.322 e. The van der Waals surface area contributed by atoms with E-state index < -0.39 is 18.4 Å². The van der Waals surface area contributed by atoms with Gasteiger partial charge in [0.15, 0.2) is 0 Å². The molecule has 0 aliphatic heterocycles. The molecular formula is C5H8N2O3. The molecule has 0 saturated carbocycles. The Hall–Kier alpha value is -1.52. The van der Waals surface area contributed by atoms with Gasteiger partial charge in [0, 0.05) is 0 Å². The molecule has 1 amide bonds. The second-order valence-corrected chi connectivity index (χ2v) is 1.60. The zero-order valence-corrected chi connectivity index (χ0v) is 5.26. The highest BCUT2D eigenvalue weighted by Gasteiger charge is 2.02. The molecule has 0 unspecified atom stereocenters. The molecule has 0 bridgehead atoms. The van der Waals surface area contributed by atoms with Crippen LogP contribution in [0.4, 0.5) is 0 Å². The van der Waals surface area contributed by atoms with Gasteiger partial charge >= 0.3 is 5.97 Å². The fourth-order valence-corrected chi connectivity index (χ4v) is 0.269. The number of nitrogens with two attached hydrogens (primary N) is 1. The second kappa shape index (κ2) is 3.49. The summed E-state index contributed by atoms with van der Waals surface area (Å²) in [5, 5.41) is 10.1. The predicted molar refractivity (Wildman–Crippen MR) is 34.0 cm³/mol. The van der Waals surface area contributed by atoms with E-state index >= 15 is 0 Å². The van der Waals surface area contributed by atoms with Crippen molar-refractivity contribution in [2.24, 2.45) is 5.73 Å². The van der Waals surface area contributed by atoms with E-state index in [4.69, 9.17) is 10.8 Å². The Kier molecular flexibility index (Phi) is 2.96. The van der Waals surface area contributed by atoms with Crippen molar-refractivity contribution in [2.45, 2.75) is 0 Å². The van der Waals surface area contributed by atoms with E-state index in [1.165, 1.54) is 0 Å². The SMILES string of the molecule is C=C(N)C(=O)NCC(=O)O. The molecule has 5 heteroatoms. The minimum absolute atomic E-state index is 0.193. The lowest BCUT2D eigenvalue weighted by Gasteiger charge is -1.98. The van der Waals surface area contributed by atoms with Crippen molar-refractivity contribution in [3.05, 3.63) is 12.3 Å². The van der Waals surface area contributed by atoms with Crippen molar-refractivity contribution in [3.8, 4) is 0 Å². The van der Waals surface area contributed by atoms with Crippen molar-refractivity contribution in [3.63, 3.8) is 0 Å². The van der Waals surface area contributed by atoms with Gasteiger partial charge in [-0.1, -0.05) is 6.58 Å². The number of amides is 1. The van der Waals surface area contributed by atoms with Gasteiger partial charge in [0.05, 0.1) is 5.70 Å². The molecule has 0 heterocycles. The molecule has 0 saturated heterocycles. The van der Waals surface area contributed by atoms with Crippen LogP contribution in [0.25, 0.3) is 0 Å². The van der Waals surface area contributed by atoms with Gasteiger partial charge in [0.1, 0.15) is 6.54 Å². The Bertz CT molecular complexity index is 176. The molecular weight excluding hydrogens is 136 g/mol. The van der Waals surface area contributed by atoms with Crippen molar-refractivity contribution in [2.75, 3.05) is 6.54 Å². The molecule has 10 heavy (non-hydrogen) atoms. The number of rotatable bonds is 3. The molecule has 0 aromatic carbocycles. The van der Waals surface area contributed by atoms with Crippen LogP contribution in [0.3, 0.4) is 0 Å². The average molecular weight is 144 g/mol. The van der Waals surface area contributed by atoms with Crippen molar-refractivity contribution >= 4 is 11.9 Å². The lowest BCUT2D eigenvalue weighted by atomic mass is 10.4. The lowest BCUT2D eigenvalue weighted by molar-refractivity contribution is -0.137. The van der Waals surface area contributed by atoms with Crippen LogP contribution in [0.2, 0.25) is 0 Å². The summed E-state index contributed by atoms with van der Waals surface area (Å²) in [6.07, 6.45) is 0. The number of nitrogens with one attached hydrogen (secondary N) is 1. The molecule has 0 aliphatic rings. The Balaban J connectivity index is 3.60. The first-order valence-electron chi connectivity index (χ1n) is 2.48. The Morgan fingerprint density at radius 2 is 2.10 bits per heavy atom. The van der Waals surface area contributed by atoms with Gasteiger partial charge in [0.2, 0.25) is 0 Å². The largest absolute Gasteiger partial charge is 0.480 e. The third kappa shape index (κ3) is 3.48. The minimum atomic E-state index is -1.12. The molecule has 4 N–H and O–H groups in total. The molecule has 5 nitrogen and oxygen atoms in total. The summed E-state index contributed by atoms with van der Waals surface area (Å²) in [7, 11) is 0. The molecule has 0 aromatic rings. The third-order valence-electron chi connectivity index (χ3n) is 0.692. The molecule has 0 fully saturated rings. The summed E-state index contributed by atoms with van der Waals surface area (Å²) in [5.41, 5.74) is 4.73. The molecule has 0 aromatic heterocycles. The van der Waals surface area contributed by atoms with E-state index in [1.54, 1.807) is 0 Å². The number of aliphatic carboxylic acids is 1. The van der Waals surface area contributed by atoms with Crippen LogP contribution < -0.4 is 11.1 Å². The monoisotopic (exact) mass is 144 g/mol. The fourth-order valence-electron chi connectivity index (χ4n) is 0.269. The molecule has 0 spiro atoms. The summed E-state index contributed by atoms with van der Waals surface area (Å²) < 4.78 is 0. The van der Waals surface area contributed by atoms with Crippen LogP contribution in [0.5, 0.6) is 0 Å². The number of hydrogen-bond acceptors (Lipinski definition) is 3. The molecule has 0 radical (unpaired) electrons. The predicted octanol–water partition coefficient (Wildman–Crippen LogP) is -1.34. The Morgan fingerprint density at radius 3 is 2.40 bits per heavy atom. The van der Waals surface area contributed by atoms with Crippen LogP contribution in [-0.2, 0) is 9.59 Å². The number of carbonyl (C=O) groups is 2. The quantitative estimate of drug-likeness (QED) is 0.427.